The van der Waals surface area contributed by atoms with Crippen LogP contribution in [0.2, 0.25) is 0 Å². The van der Waals surface area contributed by atoms with E-state index in [2.05, 4.69) is 41.3 Å². The summed E-state index contributed by atoms with van der Waals surface area (Å²) in [6.45, 7) is 1.47. The van der Waals surface area contributed by atoms with Crippen LogP contribution < -0.4 is 10.2 Å². The maximum atomic E-state index is 12.1. The Hall–Kier alpha value is -2.53. The highest BCUT2D eigenvalue weighted by Gasteiger charge is 2.25. The Morgan fingerprint density at radius 2 is 2.25 bits per heavy atom. The number of aromatic nitrogens is 3. The molecule has 0 unspecified atom stereocenters. The number of pyridine rings is 1. The van der Waals surface area contributed by atoms with Crippen LogP contribution >= 0.6 is 15.9 Å². The van der Waals surface area contributed by atoms with Crippen LogP contribution in [0.5, 0.6) is 0 Å². The van der Waals surface area contributed by atoms with Gasteiger partial charge in [0.05, 0.1) is 6.42 Å². The molecule has 1 saturated heterocycles. The minimum Gasteiger partial charge on any atom is -0.353 e. The van der Waals surface area contributed by atoms with E-state index >= 15 is 0 Å². The molecule has 0 aromatic carbocycles. The summed E-state index contributed by atoms with van der Waals surface area (Å²) >= 11 is 3.32. The summed E-state index contributed by atoms with van der Waals surface area (Å²) in [6.07, 6.45) is 2.80. The number of anilines is 1. The standard InChI is InChI=1S/C16H15BrN6O/c17-11-1-2-12(19-9-11)7-16(24)20-14-5-6-23(10-14)15-4-3-13(8-18)21-22-15/h1-4,9,14H,5-7,10H2,(H,20,24)/t14-/m0/s1. The second-order valence-electron chi connectivity index (χ2n) is 5.53. The van der Waals surface area contributed by atoms with Gasteiger partial charge in [-0.2, -0.15) is 5.26 Å². The summed E-state index contributed by atoms with van der Waals surface area (Å²) in [7, 11) is 0. The zero-order chi connectivity index (χ0) is 16.9. The van der Waals surface area contributed by atoms with Crippen molar-refractivity contribution in [3.05, 3.63) is 46.3 Å². The van der Waals surface area contributed by atoms with Gasteiger partial charge in [0.25, 0.3) is 0 Å². The zero-order valence-electron chi connectivity index (χ0n) is 12.8. The summed E-state index contributed by atoms with van der Waals surface area (Å²) < 4.78 is 0.890. The number of hydrogen-bond acceptors (Lipinski definition) is 6. The molecule has 1 aliphatic rings. The average molecular weight is 387 g/mol. The van der Waals surface area contributed by atoms with Gasteiger partial charge in [-0.3, -0.25) is 9.78 Å². The average Bonchev–Trinajstić information content (AvgIpc) is 3.05. The molecule has 122 valence electrons. The predicted octanol–water partition coefficient (Wildman–Crippen LogP) is 1.44. The van der Waals surface area contributed by atoms with E-state index in [0.717, 1.165) is 29.0 Å². The molecule has 0 spiro atoms. The summed E-state index contributed by atoms with van der Waals surface area (Å²) in [4.78, 5) is 18.4. The summed E-state index contributed by atoms with van der Waals surface area (Å²) in [5, 5.41) is 19.7. The predicted molar refractivity (Wildman–Crippen MR) is 91.1 cm³/mol. The van der Waals surface area contributed by atoms with E-state index in [1.165, 1.54) is 0 Å². The number of nitriles is 1. The molecule has 0 saturated carbocycles. The number of amides is 1. The first-order valence-electron chi connectivity index (χ1n) is 7.52. The Morgan fingerprint density at radius 1 is 1.38 bits per heavy atom. The van der Waals surface area contributed by atoms with Crippen molar-refractivity contribution in [3.63, 3.8) is 0 Å². The first-order valence-corrected chi connectivity index (χ1v) is 8.32. The number of carbonyl (C=O) groups excluding carboxylic acids is 1. The van der Waals surface area contributed by atoms with Crippen LogP contribution in [0, 0.1) is 11.3 Å². The third-order valence-corrected chi connectivity index (χ3v) is 4.24. The van der Waals surface area contributed by atoms with E-state index in [-0.39, 0.29) is 18.4 Å². The van der Waals surface area contributed by atoms with Crippen molar-refractivity contribution >= 4 is 27.7 Å². The number of carbonyl (C=O) groups is 1. The highest BCUT2D eigenvalue weighted by molar-refractivity contribution is 9.10. The van der Waals surface area contributed by atoms with Crippen molar-refractivity contribution in [2.75, 3.05) is 18.0 Å². The fraction of sp³-hybridized carbons (Fsp3) is 0.312. The van der Waals surface area contributed by atoms with Gasteiger partial charge >= 0.3 is 0 Å². The second kappa shape index (κ2) is 7.36. The number of halogens is 1. The van der Waals surface area contributed by atoms with Crippen molar-refractivity contribution in [2.45, 2.75) is 18.9 Å². The SMILES string of the molecule is N#Cc1ccc(N2CC[C@H](NC(=O)Cc3ccc(Br)cn3)C2)nn1. The lowest BCUT2D eigenvalue weighted by Gasteiger charge is -2.17. The van der Waals surface area contributed by atoms with E-state index in [1.54, 1.807) is 18.3 Å². The van der Waals surface area contributed by atoms with Crippen LogP contribution in [-0.2, 0) is 11.2 Å². The van der Waals surface area contributed by atoms with Gasteiger partial charge in [0.2, 0.25) is 5.91 Å². The molecule has 1 fully saturated rings. The van der Waals surface area contributed by atoms with E-state index in [9.17, 15) is 4.79 Å². The summed E-state index contributed by atoms with van der Waals surface area (Å²) in [5.74, 6) is 0.683. The third kappa shape index (κ3) is 4.06. The van der Waals surface area contributed by atoms with Crippen molar-refractivity contribution in [2.24, 2.45) is 0 Å². The molecule has 7 nitrogen and oxygen atoms in total. The molecule has 0 bridgehead atoms. The van der Waals surface area contributed by atoms with E-state index in [0.29, 0.717) is 12.2 Å². The van der Waals surface area contributed by atoms with Gasteiger partial charge in [0.1, 0.15) is 6.07 Å². The van der Waals surface area contributed by atoms with Gasteiger partial charge < -0.3 is 10.2 Å². The van der Waals surface area contributed by atoms with Crippen LogP contribution in [0.25, 0.3) is 0 Å². The van der Waals surface area contributed by atoms with Gasteiger partial charge in [0, 0.05) is 35.5 Å². The lowest BCUT2D eigenvalue weighted by Crippen LogP contribution is -2.38. The highest BCUT2D eigenvalue weighted by atomic mass is 79.9. The Morgan fingerprint density at radius 3 is 2.92 bits per heavy atom. The van der Waals surface area contributed by atoms with Crippen LogP contribution in [-0.4, -0.2) is 40.2 Å². The largest absolute Gasteiger partial charge is 0.353 e. The first kappa shape index (κ1) is 16.3. The molecule has 24 heavy (non-hydrogen) atoms. The zero-order valence-corrected chi connectivity index (χ0v) is 14.4. The quantitative estimate of drug-likeness (QED) is 0.853. The first-order chi connectivity index (χ1) is 11.6. The fourth-order valence-corrected chi connectivity index (χ4v) is 2.83. The fourth-order valence-electron chi connectivity index (χ4n) is 2.59. The number of nitrogens with zero attached hydrogens (tertiary/aromatic N) is 5. The lowest BCUT2D eigenvalue weighted by molar-refractivity contribution is -0.121. The van der Waals surface area contributed by atoms with Crippen molar-refractivity contribution in [1.29, 1.82) is 5.26 Å². The molecule has 1 aliphatic heterocycles. The molecule has 2 aromatic rings. The minimum absolute atomic E-state index is 0.0393. The van der Waals surface area contributed by atoms with Crippen molar-refractivity contribution in [3.8, 4) is 6.07 Å². The topological polar surface area (TPSA) is 94.8 Å². The molecular weight excluding hydrogens is 372 g/mol. The Bertz CT molecular complexity index is 756. The molecule has 1 N–H and O–H groups in total. The lowest BCUT2D eigenvalue weighted by atomic mass is 10.2. The molecule has 0 aliphatic carbocycles. The van der Waals surface area contributed by atoms with Gasteiger partial charge in [-0.25, -0.2) is 0 Å². The molecule has 1 amide bonds. The monoisotopic (exact) mass is 386 g/mol. The number of nitrogens with one attached hydrogen (secondary N) is 1. The van der Waals surface area contributed by atoms with Gasteiger partial charge in [0.15, 0.2) is 11.5 Å². The van der Waals surface area contributed by atoms with Crippen molar-refractivity contribution in [1.82, 2.24) is 20.5 Å². The molecule has 0 radical (unpaired) electrons. The molecule has 2 aromatic heterocycles. The third-order valence-electron chi connectivity index (χ3n) is 3.77. The summed E-state index contributed by atoms with van der Waals surface area (Å²) in [6, 6.07) is 9.15. The molecule has 3 heterocycles. The van der Waals surface area contributed by atoms with Crippen LogP contribution in [0.3, 0.4) is 0 Å². The van der Waals surface area contributed by atoms with Crippen LogP contribution in [0.4, 0.5) is 5.82 Å². The van der Waals surface area contributed by atoms with Crippen molar-refractivity contribution < 1.29 is 4.79 Å². The molecule has 3 rings (SSSR count). The Labute approximate surface area is 147 Å². The normalized spacial score (nSPS) is 16.7. The van der Waals surface area contributed by atoms with Gasteiger partial charge in [-0.1, -0.05) is 0 Å². The van der Waals surface area contributed by atoms with Crippen LogP contribution in [0.15, 0.2) is 34.9 Å². The molecule has 8 heteroatoms. The van der Waals surface area contributed by atoms with Gasteiger partial charge in [-0.15, -0.1) is 10.2 Å². The van der Waals surface area contributed by atoms with Gasteiger partial charge in [-0.05, 0) is 46.6 Å². The molecular formula is C16H15BrN6O. The smallest absolute Gasteiger partial charge is 0.226 e. The van der Waals surface area contributed by atoms with E-state index < -0.39 is 0 Å². The van der Waals surface area contributed by atoms with E-state index in [1.807, 2.05) is 18.2 Å². The maximum Gasteiger partial charge on any atom is 0.226 e. The summed E-state index contributed by atoms with van der Waals surface area (Å²) in [5.41, 5.74) is 1.04. The number of rotatable bonds is 4. The molecule has 1 atom stereocenters. The highest BCUT2D eigenvalue weighted by Crippen LogP contribution is 2.17. The number of hydrogen-bond donors (Lipinski definition) is 1. The Balaban J connectivity index is 1.52. The van der Waals surface area contributed by atoms with E-state index in [4.69, 9.17) is 5.26 Å². The second-order valence-corrected chi connectivity index (χ2v) is 6.45. The Kier molecular flexibility index (Phi) is 5.01. The minimum atomic E-state index is -0.0393. The maximum absolute atomic E-state index is 12.1. The van der Waals surface area contributed by atoms with Crippen LogP contribution in [0.1, 0.15) is 17.8 Å².